The first-order valence-corrected chi connectivity index (χ1v) is 6.62. The van der Waals surface area contributed by atoms with Crippen LogP contribution in [0.5, 0.6) is 5.75 Å². The van der Waals surface area contributed by atoms with Crippen LogP contribution in [0.15, 0.2) is 30.7 Å². The number of aromatic nitrogens is 3. The normalized spacial score (nSPS) is 11.3. The van der Waals surface area contributed by atoms with Gasteiger partial charge in [-0.05, 0) is 24.6 Å². The maximum atomic E-state index is 5.76. The molecule has 0 radical (unpaired) electrons. The summed E-state index contributed by atoms with van der Waals surface area (Å²) in [5.41, 5.74) is 2.99. The van der Waals surface area contributed by atoms with E-state index in [2.05, 4.69) is 23.0 Å². The van der Waals surface area contributed by atoms with Gasteiger partial charge in [-0.2, -0.15) is 0 Å². The van der Waals surface area contributed by atoms with Crippen molar-refractivity contribution in [1.82, 2.24) is 14.5 Å². The van der Waals surface area contributed by atoms with Crippen molar-refractivity contribution < 1.29 is 4.74 Å². The van der Waals surface area contributed by atoms with Gasteiger partial charge < -0.3 is 9.30 Å². The lowest BCUT2D eigenvalue weighted by Gasteiger charge is -2.07. The van der Waals surface area contributed by atoms with Crippen LogP contribution in [0.3, 0.4) is 0 Å². The van der Waals surface area contributed by atoms with E-state index >= 15 is 0 Å². The summed E-state index contributed by atoms with van der Waals surface area (Å²) in [5, 5.41) is 1.09. The van der Waals surface area contributed by atoms with Crippen molar-refractivity contribution in [1.29, 1.82) is 0 Å². The Morgan fingerprint density at radius 2 is 2.11 bits per heavy atom. The standard InChI is InChI=1S/C15H17N3O/c1-3-4-7-19-11-5-6-13-12(8-11)15-14(9-16-13)17-10-18(15)2/h5-6,8-10H,3-4,7H2,1-2H3. The fraction of sp³-hybridized carbons (Fsp3) is 0.333. The van der Waals surface area contributed by atoms with Gasteiger partial charge in [0.05, 0.1) is 30.2 Å². The highest BCUT2D eigenvalue weighted by Gasteiger charge is 2.07. The van der Waals surface area contributed by atoms with Gasteiger partial charge in [0.15, 0.2) is 0 Å². The van der Waals surface area contributed by atoms with Crippen LogP contribution in [-0.2, 0) is 7.05 Å². The Morgan fingerprint density at radius 1 is 1.21 bits per heavy atom. The second-order valence-corrected chi connectivity index (χ2v) is 4.73. The summed E-state index contributed by atoms with van der Waals surface area (Å²) in [7, 11) is 2.00. The van der Waals surface area contributed by atoms with Crippen LogP contribution < -0.4 is 4.74 Å². The summed E-state index contributed by atoms with van der Waals surface area (Å²) in [6.07, 6.45) is 5.85. The van der Waals surface area contributed by atoms with Gasteiger partial charge in [-0.1, -0.05) is 13.3 Å². The molecule has 0 spiro atoms. The monoisotopic (exact) mass is 255 g/mol. The Balaban J connectivity index is 2.09. The molecular weight excluding hydrogens is 238 g/mol. The highest BCUT2D eigenvalue weighted by molar-refractivity contribution is 6.02. The van der Waals surface area contributed by atoms with Gasteiger partial charge >= 0.3 is 0 Å². The van der Waals surface area contributed by atoms with Crippen LogP contribution in [0.1, 0.15) is 19.8 Å². The molecule has 0 saturated heterocycles. The Hall–Kier alpha value is -2.10. The summed E-state index contributed by atoms with van der Waals surface area (Å²) < 4.78 is 7.79. The zero-order valence-electron chi connectivity index (χ0n) is 11.3. The second kappa shape index (κ2) is 4.88. The zero-order valence-corrected chi connectivity index (χ0v) is 11.3. The first-order valence-electron chi connectivity index (χ1n) is 6.62. The molecular formula is C15H17N3O. The minimum atomic E-state index is 0.761. The van der Waals surface area contributed by atoms with Crippen LogP contribution in [0.4, 0.5) is 0 Å². The molecule has 0 bridgehead atoms. The van der Waals surface area contributed by atoms with Crippen molar-refractivity contribution in [2.45, 2.75) is 19.8 Å². The van der Waals surface area contributed by atoms with Gasteiger partial charge in [0, 0.05) is 12.4 Å². The molecule has 98 valence electrons. The van der Waals surface area contributed by atoms with Crippen LogP contribution >= 0.6 is 0 Å². The highest BCUT2D eigenvalue weighted by atomic mass is 16.5. The molecule has 0 saturated carbocycles. The molecule has 19 heavy (non-hydrogen) atoms. The minimum absolute atomic E-state index is 0.761. The lowest BCUT2D eigenvalue weighted by Crippen LogP contribution is -1.96. The van der Waals surface area contributed by atoms with Crippen LogP contribution in [0.25, 0.3) is 21.9 Å². The average molecular weight is 255 g/mol. The van der Waals surface area contributed by atoms with E-state index in [1.165, 1.54) is 0 Å². The quantitative estimate of drug-likeness (QED) is 0.671. The number of unbranched alkanes of at least 4 members (excludes halogenated alkanes) is 1. The van der Waals surface area contributed by atoms with Gasteiger partial charge in [-0.25, -0.2) is 4.98 Å². The molecule has 0 aliphatic heterocycles. The third kappa shape index (κ3) is 2.14. The van der Waals surface area contributed by atoms with E-state index in [0.29, 0.717) is 0 Å². The molecule has 4 nitrogen and oxygen atoms in total. The largest absolute Gasteiger partial charge is 0.494 e. The Morgan fingerprint density at radius 3 is 2.95 bits per heavy atom. The number of benzene rings is 1. The SMILES string of the molecule is CCCCOc1ccc2ncc3ncn(C)c3c2c1. The van der Waals surface area contributed by atoms with E-state index in [0.717, 1.165) is 47.1 Å². The molecule has 0 fully saturated rings. The maximum Gasteiger partial charge on any atom is 0.120 e. The van der Waals surface area contributed by atoms with Gasteiger partial charge in [0.1, 0.15) is 11.3 Å². The Kier molecular flexibility index (Phi) is 3.07. The van der Waals surface area contributed by atoms with Gasteiger partial charge in [0.2, 0.25) is 0 Å². The van der Waals surface area contributed by atoms with Crippen LogP contribution in [-0.4, -0.2) is 21.1 Å². The van der Waals surface area contributed by atoms with E-state index in [1.807, 2.05) is 36.3 Å². The molecule has 0 amide bonds. The predicted octanol–water partition coefficient (Wildman–Crippen LogP) is 3.30. The van der Waals surface area contributed by atoms with Crippen molar-refractivity contribution in [3.05, 3.63) is 30.7 Å². The number of pyridine rings is 1. The molecule has 3 rings (SSSR count). The number of aryl methyl sites for hydroxylation is 1. The summed E-state index contributed by atoms with van der Waals surface area (Å²) in [4.78, 5) is 8.76. The van der Waals surface area contributed by atoms with E-state index < -0.39 is 0 Å². The molecule has 0 N–H and O–H groups in total. The first kappa shape index (κ1) is 12.0. The number of nitrogens with zero attached hydrogens (tertiary/aromatic N) is 3. The van der Waals surface area contributed by atoms with Gasteiger partial charge in [0.25, 0.3) is 0 Å². The third-order valence-electron chi connectivity index (χ3n) is 3.28. The highest BCUT2D eigenvalue weighted by Crippen LogP contribution is 2.26. The molecule has 0 atom stereocenters. The third-order valence-corrected chi connectivity index (χ3v) is 3.28. The number of ether oxygens (including phenoxy) is 1. The molecule has 1 aromatic carbocycles. The van der Waals surface area contributed by atoms with E-state index in [1.54, 1.807) is 0 Å². The number of fused-ring (bicyclic) bond motifs is 3. The zero-order chi connectivity index (χ0) is 13.2. The van der Waals surface area contributed by atoms with Crippen LogP contribution in [0.2, 0.25) is 0 Å². The summed E-state index contributed by atoms with van der Waals surface area (Å²) in [6.45, 7) is 2.92. The van der Waals surface area contributed by atoms with E-state index in [-0.39, 0.29) is 0 Å². The fourth-order valence-electron chi connectivity index (χ4n) is 2.24. The fourth-order valence-corrected chi connectivity index (χ4v) is 2.24. The lowest BCUT2D eigenvalue weighted by atomic mass is 10.2. The smallest absolute Gasteiger partial charge is 0.120 e. The summed E-state index contributed by atoms with van der Waals surface area (Å²) in [6, 6.07) is 6.04. The molecule has 0 aliphatic rings. The minimum Gasteiger partial charge on any atom is -0.494 e. The van der Waals surface area contributed by atoms with E-state index in [4.69, 9.17) is 4.74 Å². The summed E-state index contributed by atoms with van der Waals surface area (Å²) in [5.74, 6) is 0.899. The lowest BCUT2D eigenvalue weighted by molar-refractivity contribution is 0.310. The number of imidazole rings is 1. The van der Waals surface area contributed by atoms with Crippen molar-refractivity contribution in [2.24, 2.45) is 7.05 Å². The van der Waals surface area contributed by atoms with Gasteiger partial charge in [-0.3, -0.25) is 4.98 Å². The van der Waals surface area contributed by atoms with Crippen molar-refractivity contribution in [3.63, 3.8) is 0 Å². The van der Waals surface area contributed by atoms with Crippen molar-refractivity contribution >= 4 is 21.9 Å². The maximum absolute atomic E-state index is 5.76. The topological polar surface area (TPSA) is 39.9 Å². The molecule has 0 unspecified atom stereocenters. The molecule has 4 heteroatoms. The molecule has 2 aromatic heterocycles. The van der Waals surface area contributed by atoms with Crippen LogP contribution in [0, 0.1) is 0 Å². The number of hydrogen-bond donors (Lipinski definition) is 0. The average Bonchev–Trinajstić information content (AvgIpc) is 2.81. The molecule has 2 heterocycles. The molecule has 0 aliphatic carbocycles. The Labute approximate surface area is 112 Å². The number of rotatable bonds is 4. The predicted molar refractivity (Wildman–Crippen MR) is 76.4 cm³/mol. The van der Waals surface area contributed by atoms with Gasteiger partial charge in [-0.15, -0.1) is 0 Å². The first-order chi connectivity index (χ1) is 9.29. The van der Waals surface area contributed by atoms with E-state index in [9.17, 15) is 0 Å². The second-order valence-electron chi connectivity index (χ2n) is 4.73. The summed E-state index contributed by atoms with van der Waals surface area (Å²) >= 11 is 0. The number of hydrogen-bond acceptors (Lipinski definition) is 3. The Bertz CT molecular complexity index is 718. The van der Waals surface area contributed by atoms with Crippen molar-refractivity contribution in [2.75, 3.05) is 6.61 Å². The van der Waals surface area contributed by atoms with Crippen molar-refractivity contribution in [3.8, 4) is 5.75 Å². The molecule has 3 aromatic rings.